The lowest BCUT2D eigenvalue weighted by atomic mass is 10.0. The fourth-order valence-corrected chi connectivity index (χ4v) is 5.34. The van der Waals surface area contributed by atoms with Crippen LogP contribution >= 0.6 is 0 Å². The average Bonchev–Trinajstić information content (AvgIpc) is 2.95. The van der Waals surface area contributed by atoms with Gasteiger partial charge in [-0.15, -0.1) is 0 Å². The first-order chi connectivity index (χ1) is 20.0. The van der Waals surface area contributed by atoms with Gasteiger partial charge in [-0.3, -0.25) is 0 Å². The molecule has 0 spiro atoms. The summed E-state index contributed by atoms with van der Waals surface area (Å²) in [5.41, 5.74) is 0.0830. The normalized spacial score (nSPS) is 12.7. The molecule has 0 N–H and O–H groups in total. The molecule has 0 saturated heterocycles. The molecule has 0 aliphatic heterocycles. The molecule has 0 heterocycles. The highest BCUT2D eigenvalue weighted by molar-refractivity contribution is 5.10. The Morgan fingerprint density at radius 2 is 0.634 bits per heavy atom. The Hall–Kier alpha value is -1.24. The van der Waals surface area contributed by atoms with E-state index in [0.717, 1.165) is 0 Å². The second-order valence-corrected chi connectivity index (χ2v) is 13.5. The van der Waals surface area contributed by atoms with Gasteiger partial charge in [-0.2, -0.15) is 0 Å². The topological polar surface area (TPSA) is 3.24 Å². The number of allylic oxidation sites excluding steroid dienone is 6. The Kier molecular flexibility index (Phi) is 30.7. The Morgan fingerprint density at radius 1 is 0.366 bits per heavy atom. The van der Waals surface area contributed by atoms with E-state index >= 15 is 0 Å². The van der Waals surface area contributed by atoms with E-state index in [4.69, 9.17) is 0 Å². The molecule has 0 radical (unpaired) electrons. The van der Waals surface area contributed by atoms with Crippen LogP contribution in [0.2, 0.25) is 0 Å². The number of nitrogens with zero attached hydrogens (tertiary/aromatic N) is 1. The van der Waals surface area contributed by atoms with Gasteiger partial charge in [0.25, 0.3) is 0 Å². The van der Waals surface area contributed by atoms with E-state index in [0.29, 0.717) is 0 Å². The number of hydrogen-bond donors (Lipinski definition) is 0. The molecule has 1 heteroatoms. The summed E-state index contributed by atoms with van der Waals surface area (Å²) in [6, 6.07) is 0. The highest BCUT2D eigenvalue weighted by atomic mass is 15.1. The van der Waals surface area contributed by atoms with Crippen molar-refractivity contribution < 1.29 is 0 Å². The smallest absolute Gasteiger partial charge is 0.0355 e. The van der Waals surface area contributed by atoms with Crippen molar-refractivity contribution in [2.75, 3.05) is 0 Å². The van der Waals surface area contributed by atoms with Gasteiger partial charge in [0, 0.05) is 17.9 Å². The number of hydrogen-bond acceptors (Lipinski definition) is 1. The maximum Gasteiger partial charge on any atom is 0.0355 e. The van der Waals surface area contributed by atoms with Crippen molar-refractivity contribution in [3.05, 3.63) is 48.9 Å². The maximum absolute atomic E-state index is 2.34. The molecule has 1 nitrogen and oxygen atoms in total. The Bertz CT molecular complexity index is 569. The van der Waals surface area contributed by atoms with Crippen molar-refractivity contribution in [1.29, 1.82) is 0 Å². The summed E-state index contributed by atoms with van der Waals surface area (Å²) in [5.74, 6) is 0. The highest BCUT2D eigenvalue weighted by Crippen LogP contribution is 2.16. The van der Waals surface area contributed by atoms with Crippen molar-refractivity contribution in [2.45, 2.75) is 207 Å². The minimum absolute atomic E-state index is 0.0830. The van der Waals surface area contributed by atoms with Gasteiger partial charge in [0.2, 0.25) is 0 Å². The third-order valence-corrected chi connectivity index (χ3v) is 8.21. The highest BCUT2D eigenvalue weighted by Gasteiger charge is 2.14. The maximum atomic E-state index is 2.34. The van der Waals surface area contributed by atoms with E-state index in [-0.39, 0.29) is 5.54 Å². The minimum atomic E-state index is 0.0830. The summed E-state index contributed by atoms with van der Waals surface area (Å²) in [5, 5.41) is 0. The number of rotatable bonds is 30. The molecule has 0 saturated carbocycles. The van der Waals surface area contributed by atoms with Crippen molar-refractivity contribution in [3.63, 3.8) is 0 Å². The molecule has 0 unspecified atom stereocenters. The molecule has 0 bridgehead atoms. The second kappa shape index (κ2) is 31.7. The van der Waals surface area contributed by atoms with Crippen molar-refractivity contribution >= 4 is 0 Å². The third-order valence-electron chi connectivity index (χ3n) is 8.21. The Labute approximate surface area is 260 Å². The molecular formula is C40H75N. The summed E-state index contributed by atoms with van der Waals surface area (Å²) in [7, 11) is 0. The zero-order valence-corrected chi connectivity index (χ0v) is 29.0. The van der Waals surface area contributed by atoms with Crippen molar-refractivity contribution in [3.8, 4) is 0 Å². The Balaban J connectivity index is 3.82. The molecule has 41 heavy (non-hydrogen) atoms. The molecule has 0 atom stereocenters. The van der Waals surface area contributed by atoms with Gasteiger partial charge in [-0.05, 0) is 58.6 Å². The minimum Gasteiger partial charge on any atom is -0.349 e. The van der Waals surface area contributed by atoms with Crippen LogP contribution in [-0.2, 0) is 0 Å². The monoisotopic (exact) mass is 570 g/mol. The fraction of sp³-hybridized carbons (Fsp3) is 0.800. The van der Waals surface area contributed by atoms with Gasteiger partial charge in [0.1, 0.15) is 0 Å². The zero-order chi connectivity index (χ0) is 30.1. The van der Waals surface area contributed by atoms with Crippen LogP contribution in [0.4, 0.5) is 0 Å². The van der Waals surface area contributed by atoms with Crippen LogP contribution in [-0.4, -0.2) is 10.4 Å². The molecule has 0 aromatic rings. The lowest BCUT2D eigenvalue weighted by molar-refractivity contribution is 0.280. The molecular weight excluding hydrogens is 494 g/mol. The first-order valence-electron chi connectivity index (χ1n) is 18.5. The standard InChI is InChI=1S/C40H75N/c1-6-8-10-12-14-16-18-20-22-24-26-28-30-32-34-36-38-41(40(3,4)5)39-37-35-33-31-29-27-25-23-21-19-17-15-13-11-9-7-2/h32-39H,6-31H2,1-5H3/b34-32+,35-33+,38-36+,39-37+. The summed E-state index contributed by atoms with van der Waals surface area (Å²) in [6.45, 7) is 11.4. The van der Waals surface area contributed by atoms with Crippen LogP contribution in [0.3, 0.4) is 0 Å². The molecule has 240 valence electrons. The lowest BCUT2D eigenvalue weighted by Gasteiger charge is -2.31. The predicted molar refractivity (Wildman–Crippen MR) is 190 cm³/mol. The van der Waals surface area contributed by atoms with Crippen LogP contribution in [0.5, 0.6) is 0 Å². The van der Waals surface area contributed by atoms with Crippen molar-refractivity contribution in [1.82, 2.24) is 4.90 Å². The largest absolute Gasteiger partial charge is 0.349 e. The van der Waals surface area contributed by atoms with E-state index < -0.39 is 0 Å². The van der Waals surface area contributed by atoms with Crippen LogP contribution in [0, 0.1) is 0 Å². The van der Waals surface area contributed by atoms with Gasteiger partial charge in [0.05, 0.1) is 0 Å². The van der Waals surface area contributed by atoms with Gasteiger partial charge < -0.3 is 4.90 Å². The van der Waals surface area contributed by atoms with E-state index in [1.54, 1.807) is 0 Å². The van der Waals surface area contributed by atoms with E-state index in [1.165, 1.54) is 167 Å². The van der Waals surface area contributed by atoms with E-state index in [2.05, 4.69) is 88.4 Å². The summed E-state index contributed by atoms with van der Waals surface area (Å²) < 4.78 is 0. The number of unbranched alkanes of at least 4 members (excludes halogenated alkanes) is 24. The van der Waals surface area contributed by atoms with Crippen LogP contribution in [0.1, 0.15) is 202 Å². The zero-order valence-electron chi connectivity index (χ0n) is 29.0. The molecule has 0 aliphatic carbocycles. The van der Waals surface area contributed by atoms with Crippen LogP contribution < -0.4 is 0 Å². The van der Waals surface area contributed by atoms with Gasteiger partial charge >= 0.3 is 0 Å². The van der Waals surface area contributed by atoms with Crippen molar-refractivity contribution in [2.24, 2.45) is 0 Å². The molecule has 0 amide bonds. The third kappa shape index (κ3) is 31.5. The molecule has 0 aliphatic rings. The van der Waals surface area contributed by atoms with Gasteiger partial charge in [-0.25, -0.2) is 0 Å². The molecule has 0 fully saturated rings. The van der Waals surface area contributed by atoms with E-state index in [9.17, 15) is 0 Å². The van der Waals surface area contributed by atoms with Crippen LogP contribution in [0.15, 0.2) is 48.9 Å². The fourth-order valence-electron chi connectivity index (χ4n) is 5.34. The molecule has 0 aromatic heterocycles. The van der Waals surface area contributed by atoms with Gasteiger partial charge in [0.15, 0.2) is 0 Å². The Morgan fingerprint density at radius 3 is 0.902 bits per heavy atom. The first kappa shape index (κ1) is 39.8. The second-order valence-electron chi connectivity index (χ2n) is 13.5. The average molecular weight is 570 g/mol. The van der Waals surface area contributed by atoms with Gasteiger partial charge in [-0.1, -0.05) is 179 Å². The summed E-state index contributed by atoms with van der Waals surface area (Å²) in [6.07, 6.45) is 54.4. The van der Waals surface area contributed by atoms with E-state index in [1.807, 2.05) is 0 Å². The quantitative estimate of drug-likeness (QED) is 0.0614. The predicted octanol–water partition coefficient (Wildman–Crippen LogP) is 14.4. The first-order valence-corrected chi connectivity index (χ1v) is 18.5. The summed E-state index contributed by atoms with van der Waals surface area (Å²) in [4.78, 5) is 2.31. The SMILES string of the molecule is CCCCCCCCCCCCCC/C=C/C=C/N(/C=C/C=C/CCCCCCCCCCCCCC)C(C)(C)C. The lowest BCUT2D eigenvalue weighted by Crippen LogP contribution is -2.32. The summed E-state index contributed by atoms with van der Waals surface area (Å²) >= 11 is 0. The molecule has 0 aromatic carbocycles. The van der Waals surface area contributed by atoms with Crippen LogP contribution in [0.25, 0.3) is 0 Å². The molecule has 0 rings (SSSR count).